The molecule has 1 amide bonds. The Balaban J connectivity index is 4.83. The highest BCUT2D eigenvalue weighted by Gasteiger charge is 2.23. The van der Waals surface area contributed by atoms with Crippen molar-refractivity contribution in [1.29, 1.82) is 0 Å². The number of nitrogens with one attached hydrogen (secondary N) is 1. The van der Waals surface area contributed by atoms with Crippen molar-refractivity contribution in [2.24, 2.45) is 0 Å². The van der Waals surface area contributed by atoms with Gasteiger partial charge in [0, 0.05) is 6.42 Å². The van der Waals surface area contributed by atoms with Crippen LogP contribution in [0.25, 0.3) is 0 Å². The number of hydrogen-bond donors (Lipinski definition) is 3. The second-order valence-electron chi connectivity index (χ2n) is 15.2. The summed E-state index contributed by atoms with van der Waals surface area (Å²) < 4.78 is 5.84. The van der Waals surface area contributed by atoms with Crippen LogP contribution in [0.5, 0.6) is 0 Å². The molecule has 0 spiro atoms. The molecule has 6 nitrogen and oxygen atoms in total. The number of carbonyl (C=O) groups is 2. The molecule has 0 radical (unpaired) electrons. The van der Waals surface area contributed by atoms with Crippen LogP contribution in [0.1, 0.15) is 181 Å². The van der Waals surface area contributed by atoms with E-state index in [1.54, 1.807) is 0 Å². The second kappa shape index (κ2) is 44.6. The summed E-state index contributed by atoms with van der Waals surface area (Å²) >= 11 is 0. The maximum absolute atomic E-state index is 13.1. The van der Waals surface area contributed by atoms with E-state index in [0.29, 0.717) is 19.3 Å². The number of rotatable bonds is 39. The minimum Gasteiger partial charge on any atom is -0.462 e. The van der Waals surface area contributed by atoms with Crippen LogP contribution >= 0.6 is 0 Å². The monoisotopic (exact) mass is 804 g/mol. The van der Waals surface area contributed by atoms with Gasteiger partial charge in [-0.15, -0.1) is 0 Å². The SMILES string of the molecule is CC/C=C/C=C/C=C\C=C/C=C/CCCC(CC(=O)NC(CO)C(O)CCCCCCCCCCC)OC(=O)CCC/C=C\C/C=C\C/C=C\C/C=C\CCCCC. The van der Waals surface area contributed by atoms with E-state index in [1.807, 2.05) is 48.6 Å². The second-order valence-corrected chi connectivity index (χ2v) is 15.2. The van der Waals surface area contributed by atoms with Crippen molar-refractivity contribution >= 4 is 11.9 Å². The molecule has 3 atom stereocenters. The fourth-order valence-electron chi connectivity index (χ4n) is 6.21. The number of ether oxygens (including phenoxy) is 1. The summed E-state index contributed by atoms with van der Waals surface area (Å²) in [7, 11) is 0. The number of aliphatic hydroxyl groups excluding tert-OH is 2. The summed E-state index contributed by atoms with van der Waals surface area (Å²) in [4.78, 5) is 26.0. The van der Waals surface area contributed by atoms with Crippen LogP contribution in [-0.2, 0) is 14.3 Å². The Hall–Kier alpha value is -3.48. The summed E-state index contributed by atoms with van der Waals surface area (Å²) in [6.07, 6.45) is 60.1. The largest absolute Gasteiger partial charge is 0.462 e. The third-order valence-electron chi connectivity index (χ3n) is 9.71. The van der Waals surface area contributed by atoms with Gasteiger partial charge in [-0.2, -0.15) is 0 Å². The smallest absolute Gasteiger partial charge is 0.306 e. The molecule has 328 valence electrons. The number of unbranched alkanes of at least 4 members (excludes halogenated alkanes) is 13. The molecule has 0 aromatic heterocycles. The summed E-state index contributed by atoms with van der Waals surface area (Å²) in [5.74, 6) is -0.629. The predicted octanol–water partition coefficient (Wildman–Crippen LogP) is 13.6. The highest BCUT2D eigenvalue weighted by atomic mass is 16.5. The Labute approximate surface area is 356 Å². The lowest BCUT2D eigenvalue weighted by Crippen LogP contribution is -2.46. The minimum absolute atomic E-state index is 0.000457. The molecule has 0 fully saturated rings. The molecule has 0 aromatic carbocycles. The van der Waals surface area contributed by atoms with E-state index >= 15 is 0 Å². The quantitative estimate of drug-likeness (QED) is 0.0249. The van der Waals surface area contributed by atoms with Crippen molar-refractivity contribution in [3.63, 3.8) is 0 Å². The Morgan fingerprint density at radius 3 is 1.59 bits per heavy atom. The lowest BCUT2D eigenvalue weighted by Gasteiger charge is -2.24. The van der Waals surface area contributed by atoms with E-state index in [-0.39, 0.29) is 31.3 Å². The Bertz CT molecular complexity index is 1220. The summed E-state index contributed by atoms with van der Waals surface area (Å²) in [6.45, 7) is 6.23. The third-order valence-corrected chi connectivity index (χ3v) is 9.71. The zero-order valence-corrected chi connectivity index (χ0v) is 37.1. The first-order valence-electron chi connectivity index (χ1n) is 23.2. The molecule has 0 aliphatic carbocycles. The number of aliphatic hydroxyl groups is 2. The van der Waals surface area contributed by atoms with E-state index in [4.69, 9.17) is 4.74 Å². The van der Waals surface area contributed by atoms with Gasteiger partial charge in [-0.3, -0.25) is 9.59 Å². The Morgan fingerprint density at radius 2 is 1.02 bits per heavy atom. The van der Waals surface area contributed by atoms with Crippen LogP contribution in [0.3, 0.4) is 0 Å². The standard InChI is InChI=1S/C52H85NO5/c1-4-7-10-13-16-19-21-23-24-25-26-28-30-33-36-39-42-45-52(57)58-48(43-40-37-34-32-29-27-22-20-17-14-11-8-5-2)46-51(56)53-49(47-54)50(55)44-41-38-35-31-18-15-12-9-6-3/h8,11,14,16-17,19-20,22-24,26-29,32-34,36,48-50,54-55H,4-7,9-10,12-13,15,18,21,25,30-31,35,37-47H2,1-3H3,(H,53,56)/b11-8+,17-14+,19-16-,22-20-,24-23-,28-26-,29-27-,34-32+,36-33-. The number of allylic oxidation sites excluding steroid dienone is 18. The molecule has 0 bridgehead atoms. The van der Waals surface area contributed by atoms with Gasteiger partial charge in [0.2, 0.25) is 5.91 Å². The highest BCUT2D eigenvalue weighted by Crippen LogP contribution is 2.15. The summed E-state index contributed by atoms with van der Waals surface area (Å²) in [5, 5.41) is 23.5. The number of esters is 1. The van der Waals surface area contributed by atoms with Crippen LogP contribution < -0.4 is 5.32 Å². The fourth-order valence-corrected chi connectivity index (χ4v) is 6.21. The van der Waals surface area contributed by atoms with Crippen LogP contribution in [0, 0.1) is 0 Å². The van der Waals surface area contributed by atoms with E-state index < -0.39 is 18.2 Å². The van der Waals surface area contributed by atoms with Crippen molar-refractivity contribution < 1.29 is 24.5 Å². The molecule has 0 aliphatic heterocycles. The molecule has 3 N–H and O–H groups in total. The Morgan fingerprint density at radius 1 is 0.534 bits per heavy atom. The first-order chi connectivity index (χ1) is 28.5. The fraction of sp³-hybridized carbons (Fsp3) is 0.615. The average Bonchev–Trinajstić information content (AvgIpc) is 3.22. The van der Waals surface area contributed by atoms with E-state index in [2.05, 4.69) is 86.8 Å². The Kier molecular flexibility index (Phi) is 41.9. The van der Waals surface area contributed by atoms with Crippen molar-refractivity contribution in [2.45, 2.75) is 200 Å². The number of carbonyl (C=O) groups excluding carboxylic acids is 2. The van der Waals surface area contributed by atoms with Crippen molar-refractivity contribution in [3.05, 3.63) is 109 Å². The lowest BCUT2D eigenvalue weighted by molar-refractivity contribution is -0.151. The van der Waals surface area contributed by atoms with Crippen molar-refractivity contribution in [2.75, 3.05) is 6.61 Å². The van der Waals surface area contributed by atoms with Crippen molar-refractivity contribution in [1.82, 2.24) is 5.32 Å². The summed E-state index contributed by atoms with van der Waals surface area (Å²) in [5.41, 5.74) is 0. The number of hydrogen-bond acceptors (Lipinski definition) is 5. The van der Waals surface area contributed by atoms with Gasteiger partial charge in [-0.1, -0.05) is 201 Å². The zero-order chi connectivity index (χ0) is 42.4. The summed E-state index contributed by atoms with van der Waals surface area (Å²) in [6, 6.07) is -0.740. The topological polar surface area (TPSA) is 95.9 Å². The molecule has 3 unspecified atom stereocenters. The molecule has 0 aliphatic rings. The van der Waals surface area contributed by atoms with E-state index in [1.165, 1.54) is 64.2 Å². The molecule has 58 heavy (non-hydrogen) atoms. The van der Waals surface area contributed by atoms with Gasteiger partial charge in [0.25, 0.3) is 0 Å². The maximum atomic E-state index is 13.1. The van der Waals surface area contributed by atoms with Crippen LogP contribution in [0.4, 0.5) is 0 Å². The molecular formula is C52H85NO5. The lowest BCUT2D eigenvalue weighted by atomic mass is 10.0. The molecule has 0 heterocycles. The van der Waals surface area contributed by atoms with Gasteiger partial charge in [0.15, 0.2) is 0 Å². The molecule has 6 heteroatoms. The zero-order valence-electron chi connectivity index (χ0n) is 37.1. The molecule has 0 saturated heterocycles. The highest BCUT2D eigenvalue weighted by molar-refractivity contribution is 5.77. The maximum Gasteiger partial charge on any atom is 0.306 e. The first kappa shape index (κ1) is 54.5. The average molecular weight is 804 g/mol. The van der Waals surface area contributed by atoms with Crippen molar-refractivity contribution in [3.8, 4) is 0 Å². The third kappa shape index (κ3) is 39.4. The minimum atomic E-state index is -0.820. The van der Waals surface area contributed by atoms with Crippen LogP contribution in [-0.4, -0.2) is 46.9 Å². The van der Waals surface area contributed by atoms with Gasteiger partial charge in [-0.05, 0) is 77.0 Å². The van der Waals surface area contributed by atoms with E-state index in [0.717, 1.165) is 64.2 Å². The van der Waals surface area contributed by atoms with Gasteiger partial charge >= 0.3 is 5.97 Å². The normalized spacial score (nSPS) is 14.4. The predicted molar refractivity (Wildman–Crippen MR) is 250 cm³/mol. The molecular weight excluding hydrogens is 719 g/mol. The van der Waals surface area contributed by atoms with E-state index in [9.17, 15) is 19.8 Å². The van der Waals surface area contributed by atoms with Gasteiger partial charge in [-0.25, -0.2) is 0 Å². The van der Waals surface area contributed by atoms with Gasteiger partial charge in [0.05, 0.1) is 25.2 Å². The molecule has 0 aromatic rings. The van der Waals surface area contributed by atoms with Gasteiger partial charge < -0.3 is 20.3 Å². The first-order valence-corrected chi connectivity index (χ1v) is 23.2. The van der Waals surface area contributed by atoms with Crippen LogP contribution in [0.15, 0.2) is 109 Å². The molecule has 0 rings (SSSR count). The number of amides is 1. The molecule has 0 saturated carbocycles. The van der Waals surface area contributed by atoms with Gasteiger partial charge in [0.1, 0.15) is 6.10 Å². The van der Waals surface area contributed by atoms with Crippen LogP contribution in [0.2, 0.25) is 0 Å².